The van der Waals surface area contributed by atoms with E-state index in [1.807, 2.05) is 25.7 Å². The Morgan fingerprint density at radius 2 is 1.56 bits per heavy atom. The second-order valence-corrected chi connectivity index (χ2v) is 12.3. The van der Waals surface area contributed by atoms with Crippen molar-refractivity contribution in [2.24, 2.45) is 11.1 Å². The first-order valence-corrected chi connectivity index (χ1v) is 13.5. The van der Waals surface area contributed by atoms with Crippen LogP contribution in [-0.4, -0.2) is 41.0 Å². The molecule has 192 valence electrons. The molecule has 1 unspecified atom stereocenters. The molecule has 6 nitrogen and oxygen atoms in total. The molecule has 3 saturated carbocycles. The minimum absolute atomic E-state index is 0.0161. The average Bonchev–Trinajstić information content (AvgIpc) is 3.21. The summed E-state index contributed by atoms with van der Waals surface area (Å²) in [5.74, 6) is 0.885. The lowest BCUT2D eigenvalue weighted by Gasteiger charge is -2.56. The van der Waals surface area contributed by atoms with Crippen LogP contribution in [0.4, 0.5) is 0 Å². The molecule has 3 fully saturated rings. The zero-order chi connectivity index (χ0) is 25.6. The van der Waals surface area contributed by atoms with Gasteiger partial charge in [-0.3, -0.25) is 9.59 Å². The highest BCUT2D eigenvalue weighted by Gasteiger charge is 2.61. The number of carbonyl (C=O) groups excluding carboxylic acids is 2. The number of ether oxygens (including phenoxy) is 2. The van der Waals surface area contributed by atoms with Gasteiger partial charge in [0.1, 0.15) is 0 Å². The van der Waals surface area contributed by atoms with E-state index in [1.54, 1.807) is 0 Å². The van der Waals surface area contributed by atoms with Gasteiger partial charge in [-0.05, 0) is 89.3 Å². The largest absolute Gasteiger partial charge is 0.448 e. The molecule has 0 saturated heterocycles. The molecule has 2 bridgehead atoms. The number of benzene rings is 1. The predicted molar refractivity (Wildman–Crippen MR) is 138 cm³/mol. The van der Waals surface area contributed by atoms with Crippen molar-refractivity contribution in [3.05, 3.63) is 45.0 Å². The molecule has 0 radical (unpaired) electrons. The van der Waals surface area contributed by atoms with Gasteiger partial charge in [0.05, 0.1) is 0 Å². The van der Waals surface area contributed by atoms with Crippen molar-refractivity contribution in [1.29, 1.82) is 0 Å². The molecule has 2 aliphatic heterocycles. The first-order valence-electron chi connectivity index (χ1n) is 13.5. The Balaban J connectivity index is 1.33. The lowest BCUT2D eigenvalue weighted by atomic mass is 9.54. The van der Waals surface area contributed by atoms with Crippen LogP contribution < -0.4 is 15.2 Å². The SMILES string of the molecule is CC1=CC(C)=C(CN2CCc3c(C)c4c(c(C)c3C2=O)OC(C)(C23CCC(N)(CC2)CC3)O4)C(=O)C1. The molecule has 2 N–H and O–H groups in total. The fourth-order valence-corrected chi connectivity index (χ4v) is 7.52. The van der Waals surface area contributed by atoms with Gasteiger partial charge in [0.2, 0.25) is 0 Å². The topological polar surface area (TPSA) is 81.9 Å². The lowest BCUT2D eigenvalue weighted by Crippen LogP contribution is -2.62. The Labute approximate surface area is 213 Å². The van der Waals surface area contributed by atoms with E-state index in [-0.39, 0.29) is 22.6 Å². The lowest BCUT2D eigenvalue weighted by molar-refractivity contribution is -0.201. The van der Waals surface area contributed by atoms with E-state index in [4.69, 9.17) is 15.2 Å². The quantitative estimate of drug-likeness (QED) is 0.639. The number of nitrogens with zero attached hydrogens (tertiary/aromatic N) is 1. The van der Waals surface area contributed by atoms with Gasteiger partial charge in [0.15, 0.2) is 17.3 Å². The number of amides is 1. The van der Waals surface area contributed by atoms with E-state index < -0.39 is 5.79 Å². The standard InChI is InChI=1S/C30H38N2O4/c1-17-14-18(2)22(23(33)15-17)16-32-13-6-21-19(3)25-26(20(4)24(21)27(32)34)36-28(5,35-25)29-7-10-30(31,11-8-29)12-9-29/h14H,6-13,15-16,31H2,1-5H3. The smallest absolute Gasteiger partial charge is 0.254 e. The molecule has 4 aliphatic carbocycles. The Hall–Kier alpha value is -2.60. The van der Waals surface area contributed by atoms with Gasteiger partial charge in [-0.1, -0.05) is 11.6 Å². The van der Waals surface area contributed by atoms with Gasteiger partial charge >= 0.3 is 0 Å². The molecule has 1 aromatic carbocycles. The van der Waals surface area contributed by atoms with Crippen molar-refractivity contribution in [2.75, 3.05) is 13.1 Å². The highest BCUT2D eigenvalue weighted by molar-refractivity contribution is 6.03. The Morgan fingerprint density at radius 1 is 0.944 bits per heavy atom. The average molecular weight is 491 g/mol. The first kappa shape index (κ1) is 23.8. The monoisotopic (exact) mass is 490 g/mol. The van der Waals surface area contributed by atoms with E-state index >= 15 is 0 Å². The highest BCUT2D eigenvalue weighted by Crippen LogP contribution is 2.61. The maximum atomic E-state index is 13.8. The van der Waals surface area contributed by atoms with E-state index in [0.29, 0.717) is 19.5 Å². The van der Waals surface area contributed by atoms with Crippen LogP contribution in [0, 0.1) is 19.3 Å². The molecule has 36 heavy (non-hydrogen) atoms. The number of nitrogens with two attached hydrogens (primary N) is 1. The summed E-state index contributed by atoms with van der Waals surface area (Å²) in [5.41, 5.74) is 13.0. The summed E-state index contributed by atoms with van der Waals surface area (Å²) in [6, 6.07) is 0. The summed E-state index contributed by atoms with van der Waals surface area (Å²) in [6.45, 7) is 11.0. The van der Waals surface area contributed by atoms with Gasteiger partial charge in [0, 0.05) is 54.1 Å². The van der Waals surface area contributed by atoms with Crippen LogP contribution in [0.2, 0.25) is 0 Å². The number of carbonyl (C=O) groups is 2. The van der Waals surface area contributed by atoms with E-state index in [0.717, 1.165) is 95.4 Å². The molecule has 0 aromatic heterocycles. The van der Waals surface area contributed by atoms with Crippen LogP contribution in [0.3, 0.4) is 0 Å². The molecule has 1 aromatic rings. The summed E-state index contributed by atoms with van der Waals surface area (Å²) in [5, 5.41) is 0. The van der Waals surface area contributed by atoms with Crippen molar-refractivity contribution in [3.8, 4) is 11.5 Å². The molecule has 6 heteroatoms. The molecule has 7 rings (SSSR count). The van der Waals surface area contributed by atoms with Crippen LogP contribution in [0.5, 0.6) is 11.5 Å². The number of fused-ring (bicyclic) bond motifs is 5. The summed E-state index contributed by atoms with van der Waals surface area (Å²) in [4.78, 5) is 28.4. The van der Waals surface area contributed by atoms with Gasteiger partial charge in [0.25, 0.3) is 11.7 Å². The number of hydrogen-bond acceptors (Lipinski definition) is 5. The summed E-state index contributed by atoms with van der Waals surface area (Å²) in [7, 11) is 0. The van der Waals surface area contributed by atoms with Gasteiger partial charge in [-0.25, -0.2) is 0 Å². The Bertz CT molecular complexity index is 1250. The van der Waals surface area contributed by atoms with Crippen LogP contribution >= 0.6 is 0 Å². The molecule has 0 spiro atoms. The Morgan fingerprint density at radius 3 is 2.17 bits per heavy atom. The zero-order valence-electron chi connectivity index (χ0n) is 22.3. The fourth-order valence-electron chi connectivity index (χ4n) is 7.52. The van der Waals surface area contributed by atoms with Crippen molar-refractivity contribution in [3.63, 3.8) is 0 Å². The first-order chi connectivity index (χ1) is 17.0. The third-order valence-electron chi connectivity index (χ3n) is 10.1. The van der Waals surface area contributed by atoms with Crippen molar-refractivity contribution >= 4 is 11.7 Å². The molecule has 1 amide bonds. The maximum absolute atomic E-state index is 13.8. The minimum atomic E-state index is -0.750. The summed E-state index contributed by atoms with van der Waals surface area (Å²) < 4.78 is 13.5. The van der Waals surface area contributed by atoms with E-state index in [2.05, 4.69) is 19.9 Å². The number of Topliss-reactive ketones (excluding diaryl/α,β-unsaturated/α-hetero) is 1. The number of allylic oxidation sites excluding steroid dienone is 3. The van der Waals surface area contributed by atoms with Gasteiger partial charge < -0.3 is 20.1 Å². The number of hydrogen-bond donors (Lipinski definition) is 1. The summed E-state index contributed by atoms with van der Waals surface area (Å²) in [6.07, 6.45) is 9.31. The highest BCUT2D eigenvalue weighted by atomic mass is 16.7. The second-order valence-electron chi connectivity index (χ2n) is 12.3. The van der Waals surface area contributed by atoms with Crippen LogP contribution in [0.1, 0.15) is 92.8 Å². The van der Waals surface area contributed by atoms with Gasteiger partial charge in [-0.2, -0.15) is 0 Å². The number of rotatable bonds is 3. The van der Waals surface area contributed by atoms with Crippen molar-refractivity contribution < 1.29 is 19.1 Å². The third-order valence-corrected chi connectivity index (χ3v) is 10.1. The van der Waals surface area contributed by atoms with Crippen molar-refractivity contribution in [2.45, 2.75) is 97.3 Å². The van der Waals surface area contributed by atoms with Crippen LogP contribution in [0.25, 0.3) is 0 Å². The fraction of sp³-hybridized carbons (Fsp3) is 0.600. The molecular formula is C30H38N2O4. The van der Waals surface area contributed by atoms with E-state index in [1.165, 1.54) is 0 Å². The van der Waals surface area contributed by atoms with Gasteiger partial charge in [-0.15, -0.1) is 0 Å². The number of ketones is 1. The predicted octanol–water partition coefficient (Wildman–Crippen LogP) is 5.08. The molecule has 1 atom stereocenters. The molecule has 6 aliphatic rings. The zero-order valence-corrected chi connectivity index (χ0v) is 22.3. The summed E-state index contributed by atoms with van der Waals surface area (Å²) >= 11 is 0. The maximum Gasteiger partial charge on any atom is 0.254 e. The second kappa shape index (κ2) is 7.70. The van der Waals surface area contributed by atoms with Crippen LogP contribution in [0.15, 0.2) is 22.8 Å². The minimum Gasteiger partial charge on any atom is -0.448 e. The Kier molecular flexibility index (Phi) is 5.09. The normalized spacial score (nSPS) is 33.3. The van der Waals surface area contributed by atoms with E-state index in [9.17, 15) is 9.59 Å². The molecule has 2 heterocycles. The van der Waals surface area contributed by atoms with Crippen LogP contribution in [-0.2, 0) is 11.2 Å². The van der Waals surface area contributed by atoms with Crippen molar-refractivity contribution in [1.82, 2.24) is 4.90 Å². The molecular weight excluding hydrogens is 452 g/mol. The third kappa shape index (κ3) is 3.26.